The van der Waals surface area contributed by atoms with Gasteiger partial charge in [0.1, 0.15) is 6.54 Å². The molecule has 0 aliphatic carbocycles. The number of nitrogens with zero attached hydrogens (tertiary/aromatic N) is 5. The van der Waals surface area contributed by atoms with Crippen LogP contribution in [-0.2, 0) is 26.1 Å². The molecular weight excluding hydrogens is 394 g/mol. The highest BCUT2D eigenvalue weighted by atomic mass is 32.2. The van der Waals surface area contributed by atoms with E-state index in [1.807, 2.05) is 26.2 Å². The summed E-state index contributed by atoms with van der Waals surface area (Å²) in [5, 5.41) is 4.28. The van der Waals surface area contributed by atoms with E-state index in [0.717, 1.165) is 44.7 Å². The lowest BCUT2D eigenvalue weighted by molar-refractivity contribution is -0.131. The summed E-state index contributed by atoms with van der Waals surface area (Å²) < 4.78 is 32.6. The number of amides is 1. The van der Waals surface area contributed by atoms with Gasteiger partial charge in [0.05, 0.1) is 11.9 Å². The van der Waals surface area contributed by atoms with Crippen LogP contribution in [0.5, 0.6) is 0 Å². The number of hydrogen-bond acceptors (Lipinski definition) is 6. The fraction of sp³-hybridized carbons (Fsp3) is 0.789. The summed E-state index contributed by atoms with van der Waals surface area (Å²) in [6.45, 7) is 6.02. The second-order valence-electron chi connectivity index (χ2n) is 8.11. The molecule has 0 radical (unpaired) electrons. The molecule has 1 aromatic rings. The zero-order chi connectivity index (χ0) is 21.0. The molecule has 0 spiro atoms. The summed E-state index contributed by atoms with van der Waals surface area (Å²) >= 11 is 0. The Morgan fingerprint density at radius 2 is 1.97 bits per heavy atom. The first-order chi connectivity index (χ1) is 13.7. The van der Waals surface area contributed by atoms with Crippen LogP contribution in [0.1, 0.15) is 25.0 Å². The summed E-state index contributed by atoms with van der Waals surface area (Å²) in [5.74, 6) is 0.0178. The Labute approximate surface area is 173 Å². The number of carbonyl (C=O) groups is 1. The predicted octanol–water partition coefficient (Wildman–Crippen LogP) is 0.165. The second-order valence-corrected chi connectivity index (χ2v) is 10.1. The maximum absolute atomic E-state index is 12.6. The van der Waals surface area contributed by atoms with Gasteiger partial charge in [0.2, 0.25) is 15.9 Å². The highest BCUT2D eigenvalue weighted by Crippen LogP contribution is 2.24. The molecule has 2 saturated heterocycles. The van der Waals surface area contributed by atoms with Gasteiger partial charge < -0.3 is 9.64 Å². The fourth-order valence-electron chi connectivity index (χ4n) is 4.16. The van der Waals surface area contributed by atoms with Gasteiger partial charge in [-0.25, -0.2) is 12.7 Å². The Morgan fingerprint density at radius 1 is 1.24 bits per heavy atom. The number of aryl methyl sites for hydroxylation is 1. The number of hydrogen-bond donors (Lipinski definition) is 0. The normalized spacial score (nSPS) is 21.7. The molecule has 2 aliphatic heterocycles. The average Bonchev–Trinajstić information content (AvgIpc) is 3.32. The predicted molar refractivity (Wildman–Crippen MR) is 110 cm³/mol. The lowest BCUT2D eigenvalue weighted by atomic mass is 10.0. The Balaban J connectivity index is 1.60. The molecule has 1 atom stereocenters. The highest BCUT2D eigenvalue weighted by molar-refractivity contribution is 7.88. The van der Waals surface area contributed by atoms with Crippen molar-refractivity contribution in [2.24, 2.45) is 0 Å². The number of rotatable bonds is 8. The minimum absolute atomic E-state index is 0.0178. The zero-order valence-electron chi connectivity index (χ0n) is 17.7. The molecule has 10 heteroatoms. The van der Waals surface area contributed by atoms with Crippen molar-refractivity contribution in [1.29, 1.82) is 0 Å². The van der Waals surface area contributed by atoms with Gasteiger partial charge in [-0.15, -0.1) is 0 Å². The van der Waals surface area contributed by atoms with E-state index in [9.17, 15) is 13.2 Å². The minimum atomic E-state index is -3.17. The van der Waals surface area contributed by atoms with Gasteiger partial charge in [0.25, 0.3) is 0 Å². The zero-order valence-corrected chi connectivity index (χ0v) is 18.5. The molecule has 0 bridgehead atoms. The summed E-state index contributed by atoms with van der Waals surface area (Å²) in [4.78, 5) is 16.7. The van der Waals surface area contributed by atoms with Gasteiger partial charge in [-0.2, -0.15) is 5.10 Å². The molecule has 1 amide bonds. The smallest absolute Gasteiger partial charge is 0.244 e. The Morgan fingerprint density at radius 3 is 2.55 bits per heavy atom. The van der Waals surface area contributed by atoms with Gasteiger partial charge >= 0.3 is 0 Å². The van der Waals surface area contributed by atoms with Crippen molar-refractivity contribution in [3.63, 3.8) is 0 Å². The van der Waals surface area contributed by atoms with Crippen LogP contribution in [0.4, 0.5) is 0 Å². The number of carbonyl (C=O) groups excluding carboxylic acids is 1. The SMILES string of the molecule is Cc1ccn(CC(=O)N(C)CCN(C2CCOCC2)C2CCN(S(C)(=O)=O)C2)n1. The van der Waals surface area contributed by atoms with E-state index in [0.29, 0.717) is 25.7 Å². The number of likely N-dealkylation sites (N-methyl/N-ethyl adjacent to an activating group) is 1. The van der Waals surface area contributed by atoms with Gasteiger partial charge in [0, 0.05) is 64.7 Å². The highest BCUT2D eigenvalue weighted by Gasteiger charge is 2.35. The van der Waals surface area contributed by atoms with Crippen LogP contribution in [0.15, 0.2) is 12.3 Å². The van der Waals surface area contributed by atoms with Crippen molar-refractivity contribution in [2.75, 3.05) is 52.7 Å². The van der Waals surface area contributed by atoms with Crippen LogP contribution in [0, 0.1) is 6.92 Å². The molecular formula is C19H33N5O4S. The van der Waals surface area contributed by atoms with Crippen molar-refractivity contribution in [3.8, 4) is 0 Å². The molecule has 2 fully saturated rings. The van der Waals surface area contributed by atoms with Gasteiger partial charge in [-0.3, -0.25) is 14.4 Å². The maximum atomic E-state index is 12.6. The molecule has 1 unspecified atom stereocenters. The van der Waals surface area contributed by atoms with Gasteiger partial charge in [0.15, 0.2) is 0 Å². The third-order valence-electron chi connectivity index (χ3n) is 5.91. The third-order valence-corrected chi connectivity index (χ3v) is 7.18. The lowest BCUT2D eigenvalue weighted by Gasteiger charge is -2.39. The van der Waals surface area contributed by atoms with E-state index in [2.05, 4.69) is 10.00 Å². The van der Waals surface area contributed by atoms with Gasteiger partial charge in [-0.05, 0) is 32.3 Å². The quantitative estimate of drug-likeness (QED) is 0.588. The van der Waals surface area contributed by atoms with Gasteiger partial charge in [-0.1, -0.05) is 0 Å². The number of aromatic nitrogens is 2. The molecule has 0 aromatic carbocycles. The second kappa shape index (κ2) is 9.55. The summed E-state index contributed by atoms with van der Waals surface area (Å²) in [6, 6.07) is 2.43. The molecule has 0 N–H and O–H groups in total. The van der Waals surface area contributed by atoms with E-state index < -0.39 is 10.0 Å². The fourth-order valence-corrected chi connectivity index (χ4v) is 5.04. The summed E-state index contributed by atoms with van der Waals surface area (Å²) in [7, 11) is -1.35. The summed E-state index contributed by atoms with van der Waals surface area (Å²) in [6.07, 6.45) is 5.80. The standard InChI is InChI=1S/C19H33N5O4S/c1-16-4-8-22(20-16)15-19(25)21(2)10-11-24(17-6-12-28-13-7-17)18-5-9-23(14-18)29(3,26)27/h4,8,17-18H,5-7,9-15H2,1-3H3. The number of sulfonamides is 1. The van der Waals surface area contributed by atoms with Crippen LogP contribution >= 0.6 is 0 Å². The molecule has 0 saturated carbocycles. The van der Waals surface area contributed by atoms with E-state index in [1.54, 1.807) is 13.9 Å². The molecule has 2 aliphatic rings. The van der Waals surface area contributed by atoms with Crippen molar-refractivity contribution >= 4 is 15.9 Å². The van der Waals surface area contributed by atoms with Crippen LogP contribution < -0.4 is 0 Å². The molecule has 164 valence electrons. The topological polar surface area (TPSA) is 88.0 Å². The van der Waals surface area contributed by atoms with Crippen molar-refractivity contribution < 1.29 is 17.9 Å². The van der Waals surface area contributed by atoms with Crippen molar-refractivity contribution in [2.45, 2.75) is 44.8 Å². The minimum Gasteiger partial charge on any atom is -0.381 e. The first-order valence-electron chi connectivity index (χ1n) is 10.3. The molecule has 9 nitrogen and oxygen atoms in total. The molecule has 29 heavy (non-hydrogen) atoms. The maximum Gasteiger partial charge on any atom is 0.244 e. The van der Waals surface area contributed by atoms with Crippen molar-refractivity contribution in [1.82, 2.24) is 23.9 Å². The Bertz CT molecular complexity index is 790. The van der Waals surface area contributed by atoms with Crippen LogP contribution in [0.2, 0.25) is 0 Å². The van der Waals surface area contributed by atoms with E-state index >= 15 is 0 Å². The first-order valence-corrected chi connectivity index (χ1v) is 12.1. The largest absolute Gasteiger partial charge is 0.381 e. The van der Waals surface area contributed by atoms with Crippen LogP contribution in [0.25, 0.3) is 0 Å². The van der Waals surface area contributed by atoms with Crippen LogP contribution in [0.3, 0.4) is 0 Å². The Hall–Kier alpha value is -1.49. The van der Waals surface area contributed by atoms with E-state index in [4.69, 9.17) is 4.74 Å². The number of ether oxygens (including phenoxy) is 1. The Kier molecular flexibility index (Phi) is 7.31. The van der Waals surface area contributed by atoms with Crippen molar-refractivity contribution in [3.05, 3.63) is 18.0 Å². The molecule has 3 heterocycles. The third kappa shape index (κ3) is 6.00. The first kappa shape index (κ1) is 22.2. The average molecular weight is 428 g/mol. The van der Waals surface area contributed by atoms with Crippen LogP contribution in [-0.4, -0.2) is 103 Å². The van der Waals surface area contributed by atoms with E-state index in [-0.39, 0.29) is 18.5 Å². The summed E-state index contributed by atoms with van der Waals surface area (Å²) in [5.41, 5.74) is 0.891. The molecule has 1 aromatic heterocycles. The molecule has 3 rings (SSSR count). The lowest BCUT2D eigenvalue weighted by Crippen LogP contribution is -2.50. The monoisotopic (exact) mass is 427 g/mol. The van der Waals surface area contributed by atoms with E-state index in [1.165, 1.54) is 6.26 Å².